The standard InChI is InChI=1S/C30H37NO/c1-5-14-29(28(7-3)31-4)32-26-21-19-25(20-22-26)30(24-17-12-9-13-18-24)27(6-2)23-15-10-8-11-16-23/h8-13,15-22,28-29,31H,5-7,14H2,1-4H3. The number of hydrogen-bond acceptors (Lipinski definition) is 2. The first-order valence-corrected chi connectivity index (χ1v) is 12.0. The van der Waals surface area contributed by atoms with Crippen LogP contribution in [0.5, 0.6) is 5.75 Å². The second kappa shape index (κ2) is 12.3. The Morgan fingerprint density at radius 3 is 1.81 bits per heavy atom. The third kappa shape index (κ3) is 5.89. The molecule has 2 nitrogen and oxygen atoms in total. The summed E-state index contributed by atoms with van der Waals surface area (Å²) < 4.78 is 6.43. The second-order valence-corrected chi connectivity index (χ2v) is 8.21. The fourth-order valence-electron chi connectivity index (χ4n) is 4.44. The number of allylic oxidation sites excluding steroid dienone is 1. The summed E-state index contributed by atoms with van der Waals surface area (Å²) in [5.41, 5.74) is 6.38. The van der Waals surface area contributed by atoms with Crippen molar-refractivity contribution in [2.75, 3.05) is 7.05 Å². The van der Waals surface area contributed by atoms with E-state index in [-0.39, 0.29) is 6.10 Å². The summed E-state index contributed by atoms with van der Waals surface area (Å²) in [5, 5.41) is 3.42. The number of ether oxygens (including phenoxy) is 1. The smallest absolute Gasteiger partial charge is 0.119 e. The average Bonchev–Trinajstić information content (AvgIpc) is 2.85. The Hall–Kier alpha value is -2.84. The van der Waals surface area contributed by atoms with E-state index in [1.54, 1.807) is 0 Å². The maximum absolute atomic E-state index is 6.43. The molecule has 3 aromatic carbocycles. The molecule has 168 valence electrons. The molecular formula is C30H37NO. The summed E-state index contributed by atoms with van der Waals surface area (Å²) in [5.74, 6) is 0.936. The Morgan fingerprint density at radius 2 is 1.31 bits per heavy atom. The predicted molar refractivity (Wildman–Crippen MR) is 138 cm³/mol. The molecular weight excluding hydrogens is 390 g/mol. The van der Waals surface area contributed by atoms with Gasteiger partial charge in [-0.15, -0.1) is 0 Å². The summed E-state index contributed by atoms with van der Waals surface area (Å²) in [6, 6.07) is 30.5. The molecule has 0 saturated carbocycles. The van der Waals surface area contributed by atoms with Crippen LogP contribution in [0.1, 0.15) is 63.1 Å². The number of hydrogen-bond donors (Lipinski definition) is 1. The monoisotopic (exact) mass is 427 g/mol. The summed E-state index contributed by atoms with van der Waals surface area (Å²) in [6.07, 6.45) is 4.35. The minimum atomic E-state index is 0.181. The first-order chi connectivity index (χ1) is 15.7. The fourth-order valence-corrected chi connectivity index (χ4v) is 4.44. The van der Waals surface area contributed by atoms with Crippen molar-refractivity contribution < 1.29 is 4.74 Å². The van der Waals surface area contributed by atoms with E-state index in [1.165, 1.54) is 27.8 Å². The van der Waals surface area contributed by atoms with Gasteiger partial charge in [0, 0.05) is 6.04 Å². The first-order valence-electron chi connectivity index (χ1n) is 12.0. The van der Waals surface area contributed by atoms with Gasteiger partial charge in [0.1, 0.15) is 11.9 Å². The predicted octanol–water partition coefficient (Wildman–Crippen LogP) is 7.60. The molecule has 0 aliphatic heterocycles. The minimum Gasteiger partial charge on any atom is -0.489 e. The largest absolute Gasteiger partial charge is 0.489 e. The van der Waals surface area contributed by atoms with Gasteiger partial charge in [0.2, 0.25) is 0 Å². The highest BCUT2D eigenvalue weighted by atomic mass is 16.5. The van der Waals surface area contributed by atoms with Gasteiger partial charge in [-0.25, -0.2) is 0 Å². The van der Waals surface area contributed by atoms with Gasteiger partial charge in [0.25, 0.3) is 0 Å². The molecule has 2 atom stereocenters. The average molecular weight is 428 g/mol. The zero-order chi connectivity index (χ0) is 22.8. The van der Waals surface area contributed by atoms with E-state index < -0.39 is 0 Å². The Bertz CT molecular complexity index is 957. The number of likely N-dealkylation sites (N-methyl/N-ethyl adjacent to an activating group) is 1. The number of benzene rings is 3. The molecule has 0 bridgehead atoms. The quantitative estimate of drug-likeness (QED) is 0.318. The summed E-state index contributed by atoms with van der Waals surface area (Å²) in [7, 11) is 2.02. The molecule has 0 aromatic heterocycles. The highest BCUT2D eigenvalue weighted by molar-refractivity contribution is 5.98. The van der Waals surface area contributed by atoms with Crippen molar-refractivity contribution in [3.05, 3.63) is 102 Å². The Kier molecular flexibility index (Phi) is 9.13. The highest BCUT2D eigenvalue weighted by Gasteiger charge is 2.20. The van der Waals surface area contributed by atoms with E-state index in [0.29, 0.717) is 6.04 Å². The Balaban J connectivity index is 1.99. The molecule has 3 aromatic rings. The van der Waals surface area contributed by atoms with Crippen LogP contribution in [0.4, 0.5) is 0 Å². The van der Waals surface area contributed by atoms with Gasteiger partial charge >= 0.3 is 0 Å². The first kappa shape index (κ1) is 23.8. The summed E-state index contributed by atoms with van der Waals surface area (Å²) in [4.78, 5) is 0. The molecule has 1 N–H and O–H groups in total. The number of rotatable bonds is 11. The van der Waals surface area contributed by atoms with Gasteiger partial charge in [0.05, 0.1) is 0 Å². The zero-order valence-electron chi connectivity index (χ0n) is 20.0. The lowest BCUT2D eigenvalue weighted by Crippen LogP contribution is -2.40. The SMILES string of the molecule is CCCC(Oc1ccc(C(=C(CC)c2ccccc2)c2ccccc2)cc1)C(CC)NC. The molecule has 0 amide bonds. The summed E-state index contributed by atoms with van der Waals surface area (Å²) >= 11 is 0. The zero-order valence-corrected chi connectivity index (χ0v) is 20.0. The second-order valence-electron chi connectivity index (χ2n) is 8.21. The lowest BCUT2D eigenvalue weighted by atomic mass is 9.88. The summed E-state index contributed by atoms with van der Waals surface area (Å²) in [6.45, 7) is 6.67. The molecule has 0 spiro atoms. The molecule has 0 radical (unpaired) electrons. The normalized spacial score (nSPS) is 13.9. The third-order valence-corrected chi connectivity index (χ3v) is 6.10. The lowest BCUT2D eigenvalue weighted by molar-refractivity contribution is 0.143. The molecule has 0 fully saturated rings. The highest BCUT2D eigenvalue weighted by Crippen LogP contribution is 2.35. The lowest BCUT2D eigenvalue weighted by Gasteiger charge is -2.27. The van der Waals surface area contributed by atoms with Gasteiger partial charge in [-0.3, -0.25) is 0 Å². The molecule has 0 heterocycles. The van der Waals surface area contributed by atoms with Crippen LogP contribution < -0.4 is 10.1 Å². The van der Waals surface area contributed by atoms with E-state index in [4.69, 9.17) is 4.74 Å². The van der Waals surface area contributed by atoms with Gasteiger partial charge in [-0.1, -0.05) is 100.0 Å². The van der Waals surface area contributed by atoms with Crippen LogP contribution in [0.2, 0.25) is 0 Å². The van der Waals surface area contributed by atoms with Crippen LogP contribution in [0.3, 0.4) is 0 Å². The van der Waals surface area contributed by atoms with Crippen LogP contribution in [-0.2, 0) is 0 Å². The molecule has 2 unspecified atom stereocenters. The van der Waals surface area contributed by atoms with Gasteiger partial charge < -0.3 is 10.1 Å². The van der Waals surface area contributed by atoms with Crippen LogP contribution >= 0.6 is 0 Å². The van der Waals surface area contributed by atoms with Crippen molar-refractivity contribution in [2.24, 2.45) is 0 Å². The van der Waals surface area contributed by atoms with Crippen molar-refractivity contribution in [2.45, 2.75) is 58.6 Å². The molecule has 0 aliphatic carbocycles. The third-order valence-electron chi connectivity index (χ3n) is 6.10. The maximum Gasteiger partial charge on any atom is 0.119 e. The Labute approximate surface area is 194 Å². The molecule has 0 saturated heterocycles. The topological polar surface area (TPSA) is 21.3 Å². The van der Waals surface area contributed by atoms with Crippen LogP contribution in [0.15, 0.2) is 84.9 Å². The fraction of sp³-hybridized carbons (Fsp3) is 0.333. The van der Waals surface area contributed by atoms with Crippen molar-refractivity contribution in [1.29, 1.82) is 0 Å². The molecule has 32 heavy (non-hydrogen) atoms. The van der Waals surface area contributed by atoms with Gasteiger partial charge in [-0.2, -0.15) is 0 Å². The van der Waals surface area contributed by atoms with E-state index in [1.807, 2.05) is 7.05 Å². The van der Waals surface area contributed by atoms with E-state index >= 15 is 0 Å². The van der Waals surface area contributed by atoms with Gasteiger partial charge in [-0.05, 0) is 66.3 Å². The Morgan fingerprint density at radius 1 is 0.750 bits per heavy atom. The van der Waals surface area contributed by atoms with Crippen LogP contribution in [0.25, 0.3) is 11.1 Å². The van der Waals surface area contributed by atoms with Crippen molar-refractivity contribution >= 4 is 11.1 Å². The maximum atomic E-state index is 6.43. The molecule has 3 rings (SSSR count). The molecule has 2 heteroatoms. The molecule has 0 aliphatic rings. The van der Waals surface area contributed by atoms with Crippen molar-refractivity contribution in [3.8, 4) is 5.75 Å². The van der Waals surface area contributed by atoms with Crippen LogP contribution in [-0.4, -0.2) is 19.2 Å². The number of nitrogens with one attached hydrogen (secondary N) is 1. The van der Waals surface area contributed by atoms with Gasteiger partial charge in [0.15, 0.2) is 0 Å². The van der Waals surface area contributed by atoms with Crippen molar-refractivity contribution in [3.63, 3.8) is 0 Å². The van der Waals surface area contributed by atoms with E-state index in [0.717, 1.165) is 31.4 Å². The van der Waals surface area contributed by atoms with Crippen molar-refractivity contribution in [1.82, 2.24) is 5.32 Å². The minimum absolute atomic E-state index is 0.181. The van der Waals surface area contributed by atoms with E-state index in [2.05, 4.69) is 111 Å². The van der Waals surface area contributed by atoms with Crippen LogP contribution in [0, 0.1) is 0 Å². The van der Waals surface area contributed by atoms with E-state index in [9.17, 15) is 0 Å².